The molecule has 2 saturated heterocycles. The predicted octanol–water partition coefficient (Wildman–Crippen LogP) is 10.0. The molecule has 3 aliphatic rings. The van der Waals surface area contributed by atoms with Gasteiger partial charge in [0.25, 0.3) is 0 Å². The highest BCUT2D eigenvalue weighted by Gasteiger charge is 2.38. The minimum Gasteiger partial charge on any atom is -0.453 e. The van der Waals surface area contributed by atoms with Crippen LogP contribution in [0.15, 0.2) is 97.3 Å². The van der Waals surface area contributed by atoms with E-state index < -0.39 is 12.1 Å². The minimum absolute atomic E-state index is 0.0404. The molecule has 0 unspecified atom stereocenters. The molecule has 9 rings (SSSR count). The van der Waals surface area contributed by atoms with Crippen LogP contribution in [-0.2, 0) is 14.3 Å². The normalized spacial score (nSPS) is 18.1. The first-order chi connectivity index (χ1) is 30.6. The van der Waals surface area contributed by atoms with Crippen LogP contribution in [-0.4, -0.2) is 78.5 Å². The average molecular weight is 846 g/mol. The van der Waals surface area contributed by atoms with E-state index in [1.165, 1.54) is 25.5 Å². The highest BCUT2D eigenvalue weighted by molar-refractivity contribution is 5.87. The Kier molecular flexibility index (Phi) is 11.8. The molecule has 3 aromatic carbocycles. The van der Waals surface area contributed by atoms with Crippen LogP contribution in [0.2, 0.25) is 0 Å². The Hall–Kier alpha value is -6.43. The number of hydrogen-bond donors (Lipinski definition) is 3. The number of ether oxygens (including phenoxy) is 1. The van der Waals surface area contributed by atoms with Crippen molar-refractivity contribution in [3.63, 3.8) is 0 Å². The SMILES string of the molecule is COC(=O)N[C@H](C(=O)N1CCC[C@H]1c1nc(-c2ccc(-c3ccc(-c4ccc(-c5c[nH]c([C@@H]6CCCN6C(=O)[CH]C(C)C)n5)cc4)n3-c3ccc(C4CC4)cc3)cc2)c[nH]1)C(C)C. The van der Waals surface area contributed by atoms with Crippen LogP contribution in [0.4, 0.5) is 4.79 Å². The fourth-order valence-electron chi connectivity index (χ4n) is 9.30. The Balaban J connectivity index is 0.962. The van der Waals surface area contributed by atoms with Crippen LogP contribution in [0.3, 0.4) is 0 Å². The number of nitrogens with one attached hydrogen (secondary N) is 3. The van der Waals surface area contributed by atoms with Gasteiger partial charge in [-0.1, -0.05) is 88.4 Å². The van der Waals surface area contributed by atoms with Crippen LogP contribution in [0.1, 0.15) is 101 Å². The summed E-state index contributed by atoms with van der Waals surface area (Å²) in [5.41, 5.74) is 10.5. The third kappa shape index (κ3) is 8.68. The molecule has 3 amide bonds. The Labute approximate surface area is 369 Å². The molecule has 63 heavy (non-hydrogen) atoms. The number of hydrogen-bond acceptors (Lipinski definition) is 6. The maximum absolute atomic E-state index is 13.7. The van der Waals surface area contributed by atoms with Gasteiger partial charge in [0.1, 0.15) is 17.7 Å². The minimum atomic E-state index is -0.688. The highest BCUT2D eigenvalue weighted by atomic mass is 16.5. The average Bonchev–Trinajstić information content (AvgIpc) is 3.90. The van der Waals surface area contributed by atoms with Crippen molar-refractivity contribution < 1.29 is 19.1 Å². The molecule has 3 atom stereocenters. The first kappa shape index (κ1) is 41.9. The van der Waals surface area contributed by atoms with Crippen molar-refractivity contribution in [3.8, 4) is 50.7 Å². The quantitative estimate of drug-likeness (QED) is 0.106. The van der Waals surface area contributed by atoms with Gasteiger partial charge in [-0.2, -0.15) is 0 Å². The zero-order valence-electron chi connectivity index (χ0n) is 36.8. The van der Waals surface area contributed by atoms with Gasteiger partial charge in [-0.05, 0) is 97.2 Å². The number of nitrogens with zero attached hydrogens (tertiary/aromatic N) is 5. The molecule has 3 aromatic heterocycles. The molecule has 5 heterocycles. The molecule has 12 nitrogen and oxygen atoms in total. The molecule has 0 spiro atoms. The van der Waals surface area contributed by atoms with E-state index in [0.29, 0.717) is 12.5 Å². The van der Waals surface area contributed by atoms with E-state index in [1.807, 2.05) is 49.9 Å². The van der Waals surface area contributed by atoms with Crippen LogP contribution >= 0.6 is 0 Å². The Morgan fingerprint density at radius 1 is 0.683 bits per heavy atom. The van der Waals surface area contributed by atoms with Crippen molar-refractivity contribution >= 4 is 17.9 Å². The molecule has 1 aliphatic carbocycles. The van der Waals surface area contributed by atoms with Crippen molar-refractivity contribution in [1.29, 1.82) is 0 Å². The second-order valence-electron chi connectivity index (χ2n) is 17.9. The number of likely N-dealkylation sites (tertiary alicyclic amines) is 2. The molecule has 2 aliphatic heterocycles. The van der Waals surface area contributed by atoms with Gasteiger partial charge < -0.3 is 34.4 Å². The van der Waals surface area contributed by atoms with E-state index in [4.69, 9.17) is 14.7 Å². The Morgan fingerprint density at radius 2 is 1.19 bits per heavy atom. The van der Waals surface area contributed by atoms with Gasteiger partial charge in [-0.25, -0.2) is 14.8 Å². The first-order valence-electron chi connectivity index (χ1n) is 22.5. The van der Waals surface area contributed by atoms with Crippen molar-refractivity contribution in [1.82, 2.24) is 39.6 Å². The number of amides is 3. The third-order valence-electron chi connectivity index (χ3n) is 12.8. The number of carbonyl (C=O) groups is 3. The van der Waals surface area contributed by atoms with Crippen molar-refractivity contribution in [2.75, 3.05) is 20.2 Å². The van der Waals surface area contributed by atoms with Crippen LogP contribution < -0.4 is 5.32 Å². The van der Waals surface area contributed by atoms with E-state index >= 15 is 0 Å². The van der Waals surface area contributed by atoms with Crippen molar-refractivity contribution in [2.45, 2.75) is 90.3 Å². The molecule has 12 heteroatoms. The summed E-state index contributed by atoms with van der Waals surface area (Å²) in [6.07, 6.45) is 11.1. The smallest absolute Gasteiger partial charge is 0.407 e. The van der Waals surface area contributed by atoms with Gasteiger partial charge >= 0.3 is 6.09 Å². The van der Waals surface area contributed by atoms with Gasteiger partial charge in [0.2, 0.25) is 11.8 Å². The summed E-state index contributed by atoms with van der Waals surface area (Å²) < 4.78 is 7.14. The largest absolute Gasteiger partial charge is 0.453 e. The number of aromatic nitrogens is 5. The topological polar surface area (TPSA) is 141 Å². The summed E-state index contributed by atoms with van der Waals surface area (Å²) in [4.78, 5) is 59.2. The van der Waals surface area contributed by atoms with Crippen LogP contribution in [0.25, 0.3) is 50.7 Å². The molecular weight excluding hydrogens is 789 g/mol. The fourth-order valence-corrected chi connectivity index (χ4v) is 9.30. The van der Waals surface area contributed by atoms with E-state index in [0.717, 1.165) is 94.6 Å². The zero-order chi connectivity index (χ0) is 43.8. The maximum Gasteiger partial charge on any atom is 0.407 e. The number of alkyl carbamates (subject to hydrolysis) is 1. The van der Waals surface area contributed by atoms with E-state index in [1.54, 1.807) is 6.42 Å². The van der Waals surface area contributed by atoms with Crippen molar-refractivity contribution in [3.05, 3.63) is 121 Å². The second kappa shape index (κ2) is 17.7. The van der Waals surface area contributed by atoms with E-state index in [9.17, 15) is 14.4 Å². The summed E-state index contributed by atoms with van der Waals surface area (Å²) >= 11 is 0. The number of imidazole rings is 2. The van der Waals surface area contributed by atoms with Gasteiger partial charge in [0, 0.05) is 42.3 Å². The van der Waals surface area contributed by atoms with E-state index in [2.05, 4.69) is 105 Å². The lowest BCUT2D eigenvalue weighted by Gasteiger charge is -2.29. The van der Waals surface area contributed by atoms with Gasteiger partial charge in [-0.15, -0.1) is 0 Å². The summed E-state index contributed by atoms with van der Waals surface area (Å²) in [5, 5.41) is 2.73. The van der Waals surface area contributed by atoms with Gasteiger partial charge in [-0.3, -0.25) is 9.59 Å². The van der Waals surface area contributed by atoms with Gasteiger partial charge in [0.05, 0.1) is 48.4 Å². The van der Waals surface area contributed by atoms with Crippen LogP contribution in [0.5, 0.6) is 0 Å². The van der Waals surface area contributed by atoms with E-state index in [-0.39, 0.29) is 35.7 Å². The van der Waals surface area contributed by atoms with Gasteiger partial charge in [0.15, 0.2) is 0 Å². The predicted molar refractivity (Wildman–Crippen MR) is 244 cm³/mol. The van der Waals surface area contributed by atoms with Crippen molar-refractivity contribution in [2.24, 2.45) is 11.8 Å². The lowest BCUT2D eigenvalue weighted by Crippen LogP contribution is -2.51. The summed E-state index contributed by atoms with van der Waals surface area (Å²) in [6, 6.07) is 29.5. The number of methoxy groups -OCH3 is 1. The molecular formula is C51H57N8O4. The molecule has 3 N–H and O–H groups in total. The number of H-pyrrole nitrogens is 2. The molecule has 0 bridgehead atoms. The Morgan fingerprint density at radius 3 is 1.68 bits per heavy atom. The highest BCUT2D eigenvalue weighted by Crippen LogP contribution is 2.41. The molecule has 1 radical (unpaired) electrons. The number of carbonyl (C=O) groups excluding carboxylic acids is 3. The lowest BCUT2D eigenvalue weighted by molar-refractivity contribution is -0.135. The molecule has 6 aromatic rings. The summed E-state index contributed by atoms with van der Waals surface area (Å²) in [7, 11) is 1.30. The Bertz CT molecular complexity index is 2560. The maximum atomic E-state index is 13.7. The standard InChI is InChI=1S/C51H57N8O4/c1-31(2)28-46(60)57-26-6-8-44(57)48-52-29-40(54-48)35-12-16-37(17-13-35)42-24-25-43(59(42)39-22-20-34(21-23-39)33-10-11-33)38-18-14-36(15-19-38)41-30-53-49(55-41)45-9-7-27-58(45)50(61)47(32(3)4)56-51(62)63-5/h12-25,28-33,44-45,47H,6-11,26-27H2,1-5H3,(H,52,54)(H,53,55)(H,56,62)/t44-,45-,47-/m0/s1. The lowest BCUT2D eigenvalue weighted by atomic mass is 10.0. The summed E-state index contributed by atoms with van der Waals surface area (Å²) in [6.45, 7) is 9.25. The first-order valence-corrected chi connectivity index (χ1v) is 22.5. The fraction of sp³-hybridized carbons (Fsp3) is 0.373. The van der Waals surface area contributed by atoms with Crippen LogP contribution in [0, 0.1) is 18.3 Å². The molecule has 1 saturated carbocycles. The molecule has 3 fully saturated rings. The second-order valence-corrected chi connectivity index (χ2v) is 17.9. The molecule has 325 valence electrons. The summed E-state index contributed by atoms with van der Waals surface area (Å²) in [5.74, 6) is 2.29. The zero-order valence-corrected chi connectivity index (χ0v) is 36.8. The number of benzene rings is 3. The number of aromatic amines is 2. The number of rotatable bonds is 13. The third-order valence-corrected chi connectivity index (χ3v) is 12.8. The monoisotopic (exact) mass is 845 g/mol.